The summed E-state index contributed by atoms with van der Waals surface area (Å²) in [6, 6.07) is 13.2. The van der Waals surface area contributed by atoms with Crippen LogP contribution in [0.5, 0.6) is 5.75 Å². The molecule has 1 fully saturated rings. The highest BCUT2D eigenvalue weighted by Crippen LogP contribution is 2.26. The number of aryl methyl sites for hydroxylation is 1. The molecule has 0 spiro atoms. The second kappa shape index (κ2) is 7.96. The molecule has 1 aliphatic rings. The van der Waals surface area contributed by atoms with Crippen molar-refractivity contribution in [3.8, 4) is 5.75 Å². The Morgan fingerprint density at radius 2 is 1.75 bits per heavy atom. The standard InChI is InChI=1S/C21H21N3O4/c1-4-28-17-11-7-15(8-12-17)22-14(3)18-19(25)23-21(27)24(20(18)26)16-9-5-13(2)6-10-16/h5-12,18,22H,3-4H2,1-2H3,(H,23,25,27)/t18-/m0/s1. The van der Waals surface area contributed by atoms with Crippen molar-refractivity contribution >= 4 is 29.2 Å². The van der Waals surface area contributed by atoms with Gasteiger partial charge in [0.1, 0.15) is 5.75 Å². The van der Waals surface area contributed by atoms with Crippen molar-refractivity contribution in [1.82, 2.24) is 5.32 Å². The van der Waals surface area contributed by atoms with Crippen molar-refractivity contribution in [1.29, 1.82) is 0 Å². The molecule has 28 heavy (non-hydrogen) atoms. The minimum absolute atomic E-state index is 0.177. The number of barbiturate groups is 1. The third kappa shape index (κ3) is 3.88. The fourth-order valence-electron chi connectivity index (χ4n) is 2.88. The summed E-state index contributed by atoms with van der Waals surface area (Å²) in [7, 11) is 0. The fourth-order valence-corrected chi connectivity index (χ4v) is 2.88. The van der Waals surface area contributed by atoms with E-state index in [1.165, 1.54) is 0 Å². The van der Waals surface area contributed by atoms with Crippen LogP contribution in [0.3, 0.4) is 0 Å². The molecule has 2 N–H and O–H groups in total. The van der Waals surface area contributed by atoms with Gasteiger partial charge >= 0.3 is 6.03 Å². The maximum Gasteiger partial charge on any atom is 0.335 e. The van der Waals surface area contributed by atoms with Gasteiger partial charge in [0.2, 0.25) is 5.91 Å². The van der Waals surface area contributed by atoms with Crippen molar-refractivity contribution in [2.45, 2.75) is 13.8 Å². The monoisotopic (exact) mass is 379 g/mol. The summed E-state index contributed by atoms with van der Waals surface area (Å²) in [6.45, 7) is 8.18. The molecule has 1 saturated heterocycles. The minimum Gasteiger partial charge on any atom is -0.494 e. The maximum absolute atomic E-state index is 12.9. The fraction of sp³-hybridized carbons (Fsp3) is 0.190. The Bertz CT molecular complexity index is 920. The van der Waals surface area contributed by atoms with Gasteiger partial charge in [-0.1, -0.05) is 24.3 Å². The molecule has 0 aliphatic carbocycles. The lowest BCUT2D eigenvalue weighted by molar-refractivity contribution is -0.132. The largest absolute Gasteiger partial charge is 0.494 e. The molecule has 0 radical (unpaired) electrons. The van der Waals surface area contributed by atoms with Gasteiger partial charge in [-0.3, -0.25) is 14.9 Å². The van der Waals surface area contributed by atoms with Crippen LogP contribution < -0.4 is 20.3 Å². The Balaban J connectivity index is 1.80. The van der Waals surface area contributed by atoms with Gasteiger partial charge in [0.05, 0.1) is 12.3 Å². The van der Waals surface area contributed by atoms with Crippen LogP contribution in [-0.2, 0) is 9.59 Å². The molecule has 1 heterocycles. The second-order valence-corrected chi connectivity index (χ2v) is 6.34. The van der Waals surface area contributed by atoms with Gasteiger partial charge in [-0.15, -0.1) is 0 Å². The van der Waals surface area contributed by atoms with Crippen LogP contribution in [0.4, 0.5) is 16.2 Å². The van der Waals surface area contributed by atoms with Crippen LogP contribution in [0.1, 0.15) is 12.5 Å². The molecule has 0 unspecified atom stereocenters. The lowest BCUT2D eigenvalue weighted by Crippen LogP contribution is -2.59. The van der Waals surface area contributed by atoms with Crippen LogP contribution >= 0.6 is 0 Å². The number of hydrogen-bond acceptors (Lipinski definition) is 5. The first kappa shape index (κ1) is 19.2. The summed E-state index contributed by atoms with van der Waals surface area (Å²) in [5.74, 6) is -1.88. The summed E-state index contributed by atoms with van der Waals surface area (Å²) in [4.78, 5) is 38.4. The molecule has 0 saturated carbocycles. The third-order valence-corrected chi connectivity index (χ3v) is 4.27. The first-order chi connectivity index (χ1) is 13.4. The molecule has 2 aromatic rings. The Labute approximate surface area is 163 Å². The number of urea groups is 1. The second-order valence-electron chi connectivity index (χ2n) is 6.34. The third-order valence-electron chi connectivity index (χ3n) is 4.27. The molecule has 4 amide bonds. The normalized spacial score (nSPS) is 16.6. The molecule has 0 aromatic heterocycles. The van der Waals surface area contributed by atoms with E-state index in [2.05, 4.69) is 17.2 Å². The van der Waals surface area contributed by atoms with E-state index in [0.717, 1.165) is 10.5 Å². The Morgan fingerprint density at radius 3 is 2.36 bits per heavy atom. The van der Waals surface area contributed by atoms with Crippen molar-refractivity contribution in [3.63, 3.8) is 0 Å². The van der Waals surface area contributed by atoms with E-state index < -0.39 is 23.8 Å². The van der Waals surface area contributed by atoms with Crippen molar-refractivity contribution in [2.24, 2.45) is 5.92 Å². The van der Waals surface area contributed by atoms with Crippen LogP contribution in [-0.4, -0.2) is 24.5 Å². The summed E-state index contributed by atoms with van der Waals surface area (Å²) >= 11 is 0. The zero-order chi connectivity index (χ0) is 20.3. The van der Waals surface area contributed by atoms with Crippen molar-refractivity contribution in [3.05, 3.63) is 66.4 Å². The summed E-state index contributed by atoms with van der Waals surface area (Å²) < 4.78 is 5.39. The highest BCUT2D eigenvalue weighted by molar-refractivity contribution is 6.28. The minimum atomic E-state index is -1.23. The predicted molar refractivity (Wildman–Crippen MR) is 106 cm³/mol. The van der Waals surface area contributed by atoms with E-state index in [1.54, 1.807) is 48.5 Å². The average Bonchev–Trinajstić information content (AvgIpc) is 2.64. The van der Waals surface area contributed by atoms with Gasteiger partial charge in [-0.05, 0) is 50.2 Å². The van der Waals surface area contributed by atoms with Gasteiger partial charge in [-0.2, -0.15) is 0 Å². The number of anilines is 2. The summed E-state index contributed by atoms with van der Waals surface area (Å²) in [6.07, 6.45) is 0. The SMILES string of the molecule is C=C(Nc1ccc(OCC)cc1)[C@H]1C(=O)NC(=O)N(c2ccc(C)cc2)C1=O. The first-order valence-corrected chi connectivity index (χ1v) is 8.85. The van der Waals surface area contributed by atoms with Crippen LogP contribution in [0.2, 0.25) is 0 Å². The van der Waals surface area contributed by atoms with E-state index in [9.17, 15) is 14.4 Å². The predicted octanol–water partition coefficient (Wildman–Crippen LogP) is 3.22. The summed E-state index contributed by atoms with van der Waals surface area (Å²) in [5.41, 5.74) is 2.20. The number of carbonyl (C=O) groups excluding carboxylic acids is 3. The molecular weight excluding hydrogens is 358 g/mol. The number of ether oxygens (including phenoxy) is 1. The van der Waals surface area contributed by atoms with Gasteiger partial charge in [0, 0.05) is 11.4 Å². The van der Waals surface area contributed by atoms with E-state index in [0.29, 0.717) is 23.7 Å². The Hall–Kier alpha value is -3.61. The van der Waals surface area contributed by atoms with E-state index in [-0.39, 0.29) is 5.70 Å². The maximum atomic E-state index is 12.9. The quantitative estimate of drug-likeness (QED) is 0.753. The molecule has 3 rings (SSSR count). The highest BCUT2D eigenvalue weighted by Gasteiger charge is 2.42. The number of rotatable bonds is 6. The Kier molecular flexibility index (Phi) is 5.44. The molecule has 2 aromatic carbocycles. The van der Waals surface area contributed by atoms with Gasteiger partial charge in [0.15, 0.2) is 5.92 Å². The van der Waals surface area contributed by atoms with E-state index in [1.807, 2.05) is 13.8 Å². The number of amides is 4. The topological polar surface area (TPSA) is 87.7 Å². The highest BCUT2D eigenvalue weighted by atomic mass is 16.5. The summed E-state index contributed by atoms with van der Waals surface area (Å²) in [5, 5.41) is 5.19. The number of nitrogens with one attached hydrogen (secondary N) is 2. The number of benzene rings is 2. The number of imide groups is 2. The van der Waals surface area contributed by atoms with Gasteiger partial charge in [-0.25, -0.2) is 9.69 Å². The molecule has 0 bridgehead atoms. The number of carbonyl (C=O) groups is 3. The molecule has 7 nitrogen and oxygen atoms in total. The zero-order valence-corrected chi connectivity index (χ0v) is 15.7. The van der Waals surface area contributed by atoms with Crippen LogP contribution in [0.25, 0.3) is 0 Å². The zero-order valence-electron chi connectivity index (χ0n) is 15.7. The van der Waals surface area contributed by atoms with Crippen LogP contribution in [0, 0.1) is 12.8 Å². The molecular formula is C21H21N3O4. The lowest BCUT2D eigenvalue weighted by Gasteiger charge is -2.31. The number of hydrogen-bond donors (Lipinski definition) is 2. The van der Waals surface area contributed by atoms with Gasteiger partial charge < -0.3 is 10.1 Å². The smallest absolute Gasteiger partial charge is 0.335 e. The number of nitrogens with zero attached hydrogens (tertiary/aromatic N) is 1. The van der Waals surface area contributed by atoms with Gasteiger partial charge in [0.25, 0.3) is 5.91 Å². The first-order valence-electron chi connectivity index (χ1n) is 8.85. The van der Waals surface area contributed by atoms with E-state index in [4.69, 9.17) is 4.74 Å². The van der Waals surface area contributed by atoms with Crippen molar-refractivity contribution < 1.29 is 19.1 Å². The van der Waals surface area contributed by atoms with E-state index >= 15 is 0 Å². The lowest BCUT2D eigenvalue weighted by atomic mass is 10.0. The average molecular weight is 379 g/mol. The molecule has 144 valence electrons. The molecule has 7 heteroatoms. The van der Waals surface area contributed by atoms with Crippen molar-refractivity contribution in [2.75, 3.05) is 16.8 Å². The van der Waals surface area contributed by atoms with Crippen LogP contribution in [0.15, 0.2) is 60.8 Å². The molecule has 1 atom stereocenters. The Morgan fingerprint density at radius 1 is 1.11 bits per heavy atom. The molecule has 1 aliphatic heterocycles.